The molecule has 0 aromatic rings. The maximum Gasteiger partial charge on any atom is 0.418 e. The van der Waals surface area contributed by atoms with Crippen molar-refractivity contribution in [2.24, 2.45) is 0 Å². The first kappa shape index (κ1) is 11.1. The Balaban J connectivity index is 2.20. The van der Waals surface area contributed by atoms with Gasteiger partial charge < -0.3 is 4.90 Å². The molecular formula is C7H9N3O5S. The third-order valence-electron chi connectivity index (χ3n) is 2.65. The Kier molecular flexibility index (Phi) is 2.49. The van der Waals surface area contributed by atoms with Gasteiger partial charge in [-0.25, -0.2) is 4.79 Å². The van der Waals surface area contributed by atoms with E-state index in [1.54, 1.807) is 0 Å². The molecule has 16 heavy (non-hydrogen) atoms. The summed E-state index contributed by atoms with van der Waals surface area (Å²) in [5, 5.41) is 9.39. The molecule has 0 spiro atoms. The first-order valence-electron chi connectivity index (χ1n) is 4.59. The van der Waals surface area contributed by atoms with Crippen LogP contribution in [0.5, 0.6) is 0 Å². The van der Waals surface area contributed by atoms with Crippen molar-refractivity contribution >= 4 is 16.4 Å². The molecule has 2 heterocycles. The number of urea groups is 1. The van der Waals surface area contributed by atoms with Gasteiger partial charge in [0, 0.05) is 6.54 Å². The van der Waals surface area contributed by atoms with E-state index in [-0.39, 0.29) is 6.54 Å². The van der Waals surface area contributed by atoms with Crippen molar-refractivity contribution in [3.05, 3.63) is 0 Å². The second-order valence-corrected chi connectivity index (χ2v) is 4.64. The zero-order chi connectivity index (χ0) is 11.9. The predicted octanol–water partition coefficient (Wildman–Crippen LogP) is -0.487. The molecule has 2 amide bonds. The molecule has 0 aromatic heterocycles. The third-order valence-corrected chi connectivity index (χ3v) is 3.00. The summed E-state index contributed by atoms with van der Waals surface area (Å²) in [7, 11) is -4.71. The molecule has 88 valence electrons. The van der Waals surface area contributed by atoms with Gasteiger partial charge in [-0.3, -0.25) is 4.55 Å². The Morgan fingerprint density at radius 2 is 2.19 bits per heavy atom. The van der Waals surface area contributed by atoms with Crippen LogP contribution in [0.3, 0.4) is 0 Å². The number of nitrogens with zero attached hydrogens (tertiary/aromatic N) is 3. The predicted molar refractivity (Wildman–Crippen MR) is 49.0 cm³/mol. The number of fused-ring (bicyclic) bond motifs is 2. The molecule has 0 saturated carbocycles. The number of piperidine rings is 1. The molecule has 2 bridgehead atoms. The molecule has 2 aliphatic heterocycles. The van der Waals surface area contributed by atoms with Gasteiger partial charge in [0.25, 0.3) is 0 Å². The lowest BCUT2D eigenvalue weighted by Gasteiger charge is -2.24. The summed E-state index contributed by atoms with van der Waals surface area (Å²) in [6.45, 7) is 0.243. The highest BCUT2D eigenvalue weighted by Crippen LogP contribution is 2.30. The van der Waals surface area contributed by atoms with Crippen LogP contribution in [0.1, 0.15) is 12.8 Å². The molecule has 0 aromatic carbocycles. The minimum absolute atomic E-state index is 0.243. The molecule has 8 nitrogen and oxygen atoms in total. The van der Waals surface area contributed by atoms with Crippen molar-refractivity contribution in [1.29, 1.82) is 5.26 Å². The lowest BCUT2D eigenvalue weighted by Crippen LogP contribution is -2.38. The lowest BCUT2D eigenvalue weighted by molar-refractivity contribution is -0.0316. The summed E-state index contributed by atoms with van der Waals surface area (Å²) in [6, 6.07) is 0.266. The Morgan fingerprint density at radius 1 is 1.50 bits per heavy atom. The van der Waals surface area contributed by atoms with Gasteiger partial charge >= 0.3 is 16.4 Å². The first-order chi connectivity index (χ1) is 7.42. The number of amides is 2. The van der Waals surface area contributed by atoms with Crippen molar-refractivity contribution in [1.82, 2.24) is 9.96 Å². The standard InChI is InChI=1S/C7H9N3O5S/c8-3-5-1-2-6-4-9(5)7(11)10(6)15-16(12,13)14/h5-6H,1-2,4H2,(H,12,13,14)/t5?,6-/m1/s1. The second kappa shape index (κ2) is 3.58. The molecule has 2 saturated heterocycles. The number of hydrogen-bond acceptors (Lipinski definition) is 5. The lowest BCUT2D eigenvalue weighted by atomic mass is 10.0. The smallest absolute Gasteiger partial charge is 0.305 e. The maximum atomic E-state index is 11.6. The van der Waals surface area contributed by atoms with Crippen molar-refractivity contribution in [2.75, 3.05) is 6.54 Å². The van der Waals surface area contributed by atoms with Gasteiger partial charge in [-0.2, -0.15) is 18.7 Å². The average molecular weight is 247 g/mol. The van der Waals surface area contributed by atoms with Crippen LogP contribution in [0.25, 0.3) is 0 Å². The van der Waals surface area contributed by atoms with Crippen LogP contribution in [0.2, 0.25) is 0 Å². The SMILES string of the molecule is N#CC1CC[C@@H]2CN1C(=O)N2OS(=O)(=O)O. The quantitative estimate of drug-likeness (QED) is 0.659. The Hall–Kier alpha value is -1.37. The highest BCUT2D eigenvalue weighted by Gasteiger charge is 2.47. The van der Waals surface area contributed by atoms with E-state index in [0.29, 0.717) is 17.9 Å². The maximum absolute atomic E-state index is 11.6. The van der Waals surface area contributed by atoms with Crippen molar-refractivity contribution in [2.45, 2.75) is 24.9 Å². The third kappa shape index (κ3) is 1.82. The number of rotatable bonds is 2. The zero-order valence-electron chi connectivity index (χ0n) is 8.11. The Bertz CT molecular complexity index is 455. The number of hydroxylamine groups is 2. The van der Waals surface area contributed by atoms with Crippen molar-refractivity contribution in [3.63, 3.8) is 0 Å². The van der Waals surface area contributed by atoms with Crippen LogP contribution in [0.15, 0.2) is 0 Å². The molecule has 0 radical (unpaired) electrons. The van der Waals surface area contributed by atoms with Gasteiger partial charge in [0.15, 0.2) is 0 Å². The topological polar surface area (TPSA) is 111 Å². The van der Waals surface area contributed by atoms with Crippen molar-refractivity contribution in [3.8, 4) is 6.07 Å². The molecule has 9 heteroatoms. The van der Waals surface area contributed by atoms with E-state index in [4.69, 9.17) is 9.81 Å². The molecule has 1 unspecified atom stereocenters. The van der Waals surface area contributed by atoms with Gasteiger partial charge in [0.2, 0.25) is 0 Å². The fourth-order valence-electron chi connectivity index (χ4n) is 1.97. The van der Waals surface area contributed by atoms with Crippen LogP contribution >= 0.6 is 0 Å². The number of carbonyl (C=O) groups is 1. The van der Waals surface area contributed by atoms with Crippen LogP contribution in [0, 0.1) is 11.3 Å². The summed E-state index contributed by atoms with van der Waals surface area (Å²) in [4.78, 5) is 12.9. The zero-order valence-corrected chi connectivity index (χ0v) is 8.92. The monoisotopic (exact) mass is 247 g/mol. The van der Waals surface area contributed by atoms with Gasteiger partial charge in [-0.1, -0.05) is 0 Å². The number of carbonyl (C=O) groups excluding carboxylic acids is 1. The van der Waals surface area contributed by atoms with Crippen LogP contribution in [-0.4, -0.2) is 47.6 Å². The fraction of sp³-hybridized carbons (Fsp3) is 0.714. The van der Waals surface area contributed by atoms with Crippen LogP contribution < -0.4 is 0 Å². The van der Waals surface area contributed by atoms with E-state index in [0.717, 1.165) is 0 Å². The van der Waals surface area contributed by atoms with Crippen LogP contribution in [-0.2, 0) is 14.7 Å². The summed E-state index contributed by atoms with van der Waals surface area (Å²) in [5.41, 5.74) is 0. The number of hydrogen-bond donors (Lipinski definition) is 1. The van der Waals surface area contributed by atoms with Gasteiger partial charge in [0.05, 0.1) is 12.1 Å². The van der Waals surface area contributed by atoms with E-state index < -0.39 is 28.5 Å². The van der Waals surface area contributed by atoms with E-state index >= 15 is 0 Å². The highest BCUT2D eigenvalue weighted by molar-refractivity contribution is 7.80. The number of nitriles is 1. The summed E-state index contributed by atoms with van der Waals surface area (Å²) in [5.74, 6) is 0. The molecular weight excluding hydrogens is 238 g/mol. The average Bonchev–Trinajstić information content (AvgIpc) is 2.43. The normalized spacial score (nSPS) is 29.4. The molecule has 1 N–H and O–H groups in total. The van der Waals surface area contributed by atoms with Gasteiger partial charge in [0.1, 0.15) is 6.04 Å². The Labute approximate surface area is 91.9 Å². The van der Waals surface area contributed by atoms with Gasteiger partial charge in [-0.15, -0.1) is 4.28 Å². The molecule has 0 aliphatic carbocycles. The van der Waals surface area contributed by atoms with E-state index in [2.05, 4.69) is 4.28 Å². The largest absolute Gasteiger partial charge is 0.418 e. The summed E-state index contributed by atoms with van der Waals surface area (Å²) >= 11 is 0. The minimum atomic E-state index is -4.71. The first-order valence-corrected chi connectivity index (χ1v) is 5.95. The van der Waals surface area contributed by atoms with Gasteiger partial charge in [-0.05, 0) is 12.8 Å². The van der Waals surface area contributed by atoms with Crippen molar-refractivity contribution < 1.29 is 22.0 Å². The molecule has 2 rings (SSSR count). The Morgan fingerprint density at radius 3 is 2.75 bits per heavy atom. The molecule has 2 atom stereocenters. The van der Waals surface area contributed by atoms with E-state index in [9.17, 15) is 13.2 Å². The van der Waals surface area contributed by atoms with E-state index in [1.807, 2.05) is 6.07 Å². The van der Waals surface area contributed by atoms with Crippen LogP contribution in [0.4, 0.5) is 4.79 Å². The van der Waals surface area contributed by atoms with E-state index in [1.165, 1.54) is 4.90 Å². The fourth-order valence-corrected chi connectivity index (χ4v) is 2.35. The summed E-state index contributed by atoms with van der Waals surface area (Å²) in [6.07, 6.45) is 0.939. The molecule has 2 fully saturated rings. The summed E-state index contributed by atoms with van der Waals surface area (Å²) < 4.78 is 33.7. The molecule has 2 aliphatic rings. The second-order valence-electron chi connectivity index (χ2n) is 3.64. The minimum Gasteiger partial charge on any atom is -0.305 e. The highest BCUT2D eigenvalue weighted by atomic mass is 32.3.